The van der Waals surface area contributed by atoms with Crippen molar-refractivity contribution < 1.29 is 4.79 Å². The maximum absolute atomic E-state index is 10.8. The van der Waals surface area contributed by atoms with Crippen LogP contribution in [0.2, 0.25) is 0 Å². The summed E-state index contributed by atoms with van der Waals surface area (Å²) in [7, 11) is 0. The molecule has 1 fully saturated rings. The Hall–Kier alpha value is -1.77. The number of primary amides is 1. The molecule has 0 aliphatic carbocycles. The lowest BCUT2D eigenvalue weighted by Crippen LogP contribution is -2.18. The molecule has 0 bridgehead atoms. The van der Waals surface area contributed by atoms with Crippen molar-refractivity contribution in [2.24, 2.45) is 5.73 Å². The fourth-order valence-corrected chi connectivity index (χ4v) is 2.47. The van der Waals surface area contributed by atoms with Crippen molar-refractivity contribution in [2.45, 2.75) is 26.7 Å². The first kappa shape index (κ1) is 12.7. The Morgan fingerprint density at radius 1 is 1.22 bits per heavy atom. The van der Waals surface area contributed by atoms with Crippen molar-refractivity contribution in [1.82, 2.24) is 0 Å². The van der Waals surface area contributed by atoms with Gasteiger partial charge in [-0.3, -0.25) is 4.79 Å². The third-order valence-electron chi connectivity index (χ3n) is 3.46. The molecule has 96 valence electrons. The number of nitrogens with two attached hydrogens (primary N) is 1. The second kappa shape index (κ2) is 5.25. The van der Waals surface area contributed by atoms with Gasteiger partial charge in [0.15, 0.2) is 0 Å². The highest BCUT2D eigenvalue weighted by Gasteiger charge is 2.15. The monoisotopic (exact) mass is 244 g/mol. The standard InChI is InChI=1S/C15H20N2O/c1-11-10-14(17-7-3-4-8-17)12(2)9-13(11)5-6-15(16)18/h5-6,9-10H,3-4,7-8H2,1-2H3,(H2,16,18)/b6-5-. The molecule has 0 aromatic heterocycles. The first-order chi connectivity index (χ1) is 8.58. The smallest absolute Gasteiger partial charge is 0.241 e. The van der Waals surface area contributed by atoms with Crippen LogP contribution in [0.3, 0.4) is 0 Å². The molecule has 0 atom stereocenters. The van der Waals surface area contributed by atoms with E-state index in [1.165, 1.54) is 35.7 Å². The van der Waals surface area contributed by atoms with Gasteiger partial charge in [-0.2, -0.15) is 0 Å². The average molecular weight is 244 g/mol. The summed E-state index contributed by atoms with van der Waals surface area (Å²) >= 11 is 0. The number of benzene rings is 1. The lowest BCUT2D eigenvalue weighted by molar-refractivity contribution is -0.113. The highest BCUT2D eigenvalue weighted by Crippen LogP contribution is 2.27. The van der Waals surface area contributed by atoms with Gasteiger partial charge in [0.2, 0.25) is 5.91 Å². The molecular weight excluding hydrogens is 224 g/mol. The molecule has 1 amide bonds. The molecule has 3 nitrogen and oxygen atoms in total. The van der Waals surface area contributed by atoms with Crippen LogP contribution < -0.4 is 10.6 Å². The normalized spacial score (nSPS) is 15.6. The van der Waals surface area contributed by atoms with E-state index in [1.807, 2.05) is 0 Å². The van der Waals surface area contributed by atoms with Gasteiger partial charge in [-0.1, -0.05) is 0 Å². The van der Waals surface area contributed by atoms with Gasteiger partial charge in [-0.05, 0) is 61.6 Å². The zero-order valence-corrected chi connectivity index (χ0v) is 11.1. The third kappa shape index (κ3) is 2.73. The minimum absolute atomic E-state index is 0.407. The molecule has 2 rings (SSSR count). The number of carbonyl (C=O) groups excluding carboxylic acids is 1. The van der Waals surface area contributed by atoms with Gasteiger partial charge in [0, 0.05) is 24.9 Å². The molecule has 0 radical (unpaired) electrons. The molecule has 1 aromatic carbocycles. The number of hydrogen-bond donors (Lipinski definition) is 1. The Kier molecular flexibility index (Phi) is 3.70. The number of amides is 1. The minimum Gasteiger partial charge on any atom is -0.371 e. The van der Waals surface area contributed by atoms with E-state index in [9.17, 15) is 4.79 Å². The SMILES string of the molecule is Cc1cc(N2CCCC2)c(C)cc1/C=C\C(N)=O. The summed E-state index contributed by atoms with van der Waals surface area (Å²) in [6.07, 6.45) is 5.76. The maximum Gasteiger partial charge on any atom is 0.241 e. The average Bonchev–Trinajstić information content (AvgIpc) is 2.83. The largest absolute Gasteiger partial charge is 0.371 e. The topological polar surface area (TPSA) is 46.3 Å². The zero-order valence-electron chi connectivity index (χ0n) is 11.1. The molecular formula is C15H20N2O. The lowest BCUT2D eigenvalue weighted by atomic mass is 10.0. The van der Waals surface area contributed by atoms with Gasteiger partial charge < -0.3 is 10.6 Å². The molecule has 1 aromatic rings. The van der Waals surface area contributed by atoms with Gasteiger partial charge in [0.1, 0.15) is 0 Å². The Morgan fingerprint density at radius 3 is 2.50 bits per heavy atom. The second-order valence-corrected chi connectivity index (χ2v) is 4.93. The van der Waals surface area contributed by atoms with Crippen molar-refractivity contribution >= 4 is 17.7 Å². The molecule has 1 aliphatic rings. The van der Waals surface area contributed by atoms with E-state index in [4.69, 9.17) is 5.73 Å². The molecule has 0 saturated carbocycles. The molecule has 0 unspecified atom stereocenters. The number of anilines is 1. The number of hydrogen-bond acceptors (Lipinski definition) is 2. The van der Waals surface area contributed by atoms with Crippen molar-refractivity contribution in [2.75, 3.05) is 18.0 Å². The van der Waals surface area contributed by atoms with Crippen LogP contribution in [0.25, 0.3) is 6.08 Å². The molecule has 1 aliphatic heterocycles. The van der Waals surface area contributed by atoms with Crippen molar-refractivity contribution in [3.05, 3.63) is 34.9 Å². The fraction of sp³-hybridized carbons (Fsp3) is 0.400. The van der Waals surface area contributed by atoms with E-state index >= 15 is 0 Å². The Bertz CT molecular complexity index is 486. The van der Waals surface area contributed by atoms with E-state index in [2.05, 4.69) is 30.9 Å². The summed E-state index contributed by atoms with van der Waals surface area (Å²) in [5.41, 5.74) is 9.95. The van der Waals surface area contributed by atoms with Crippen LogP contribution in [0.1, 0.15) is 29.5 Å². The van der Waals surface area contributed by atoms with Gasteiger partial charge >= 0.3 is 0 Å². The van der Waals surface area contributed by atoms with Gasteiger partial charge in [-0.15, -0.1) is 0 Å². The fourth-order valence-electron chi connectivity index (χ4n) is 2.47. The predicted octanol–water partition coefficient (Wildman–Crippen LogP) is 2.40. The molecule has 1 saturated heterocycles. The van der Waals surface area contributed by atoms with Crippen LogP contribution in [-0.4, -0.2) is 19.0 Å². The van der Waals surface area contributed by atoms with Crippen LogP contribution in [0.5, 0.6) is 0 Å². The number of rotatable bonds is 3. The predicted molar refractivity (Wildman–Crippen MR) is 75.6 cm³/mol. The number of aryl methyl sites for hydroxylation is 2. The zero-order chi connectivity index (χ0) is 13.1. The lowest BCUT2D eigenvalue weighted by Gasteiger charge is -2.21. The number of carbonyl (C=O) groups is 1. The van der Waals surface area contributed by atoms with E-state index in [-0.39, 0.29) is 0 Å². The summed E-state index contributed by atoms with van der Waals surface area (Å²) in [5.74, 6) is -0.407. The van der Waals surface area contributed by atoms with Crippen LogP contribution in [-0.2, 0) is 4.79 Å². The van der Waals surface area contributed by atoms with E-state index in [0.717, 1.165) is 18.7 Å². The summed E-state index contributed by atoms with van der Waals surface area (Å²) in [6, 6.07) is 4.34. The van der Waals surface area contributed by atoms with Gasteiger partial charge in [0.25, 0.3) is 0 Å². The highest BCUT2D eigenvalue weighted by molar-refractivity contribution is 5.90. The van der Waals surface area contributed by atoms with Crippen LogP contribution in [0, 0.1) is 13.8 Å². The molecule has 1 heterocycles. The Morgan fingerprint density at radius 2 is 1.89 bits per heavy atom. The quantitative estimate of drug-likeness (QED) is 0.830. The van der Waals surface area contributed by atoms with E-state index in [0.29, 0.717) is 0 Å². The van der Waals surface area contributed by atoms with Gasteiger partial charge in [-0.25, -0.2) is 0 Å². The minimum atomic E-state index is -0.407. The second-order valence-electron chi connectivity index (χ2n) is 4.93. The van der Waals surface area contributed by atoms with E-state index < -0.39 is 5.91 Å². The summed E-state index contributed by atoms with van der Waals surface area (Å²) in [5, 5.41) is 0. The van der Waals surface area contributed by atoms with Crippen molar-refractivity contribution in [3.8, 4) is 0 Å². The summed E-state index contributed by atoms with van der Waals surface area (Å²) in [4.78, 5) is 13.2. The molecule has 18 heavy (non-hydrogen) atoms. The first-order valence-electron chi connectivity index (χ1n) is 6.41. The van der Waals surface area contributed by atoms with Gasteiger partial charge in [0.05, 0.1) is 0 Å². The molecule has 2 N–H and O–H groups in total. The van der Waals surface area contributed by atoms with Crippen LogP contribution in [0.15, 0.2) is 18.2 Å². The first-order valence-corrected chi connectivity index (χ1v) is 6.41. The highest BCUT2D eigenvalue weighted by atomic mass is 16.1. The summed E-state index contributed by atoms with van der Waals surface area (Å²) < 4.78 is 0. The van der Waals surface area contributed by atoms with Crippen LogP contribution >= 0.6 is 0 Å². The molecule has 0 spiro atoms. The number of nitrogens with zero attached hydrogens (tertiary/aromatic N) is 1. The van der Waals surface area contributed by atoms with Crippen molar-refractivity contribution in [1.29, 1.82) is 0 Å². The van der Waals surface area contributed by atoms with E-state index in [1.54, 1.807) is 6.08 Å². The maximum atomic E-state index is 10.8. The van der Waals surface area contributed by atoms with Crippen LogP contribution in [0.4, 0.5) is 5.69 Å². The Balaban J connectivity index is 2.31. The van der Waals surface area contributed by atoms with Crippen molar-refractivity contribution in [3.63, 3.8) is 0 Å². The molecule has 3 heteroatoms. The summed E-state index contributed by atoms with van der Waals surface area (Å²) in [6.45, 7) is 6.49. The third-order valence-corrected chi connectivity index (χ3v) is 3.46. The Labute approximate surface area is 108 Å².